The van der Waals surface area contributed by atoms with Crippen LogP contribution in [0.5, 0.6) is 11.5 Å². The summed E-state index contributed by atoms with van der Waals surface area (Å²) < 4.78 is 80.3. The number of ether oxygens (including phenoxy) is 5. The fourth-order valence-electron chi connectivity index (χ4n) is 5.75. The quantitative estimate of drug-likeness (QED) is 0.196. The van der Waals surface area contributed by atoms with Crippen molar-refractivity contribution in [1.29, 1.82) is 0 Å². The number of rotatable bonds is 19. The minimum absolute atomic E-state index is 0.00570. The standard InChI is InChI=1S/C33H50N3O11PS/c1-6-45-48(38,46-7-2)22-44-26-10-8-24(9-11-26)18-30(35-33(37)47-31-21-43-32-28(31)16-17-42-32)29(34)20-36(19-23(3)4)49(39,40)27-14-12-25(41-5)13-15-27/h8-15,23,28-32H,6-7,16-22,34H2,1-5H3,(H,35,37)/t28-,29?,30-,31-,32+/m0/s1. The summed E-state index contributed by atoms with van der Waals surface area (Å²) in [5.41, 5.74) is 7.55. The average molecular weight is 728 g/mol. The van der Waals surface area contributed by atoms with E-state index in [0.717, 1.165) is 12.0 Å². The van der Waals surface area contributed by atoms with Crippen LogP contribution in [0.2, 0.25) is 0 Å². The van der Waals surface area contributed by atoms with E-state index in [4.69, 9.17) is 38.5 Å². The number of nitrogens with zero attached hydrogens (tertiary/aromatic N) is 1. The van der Waals surface area contributed by atoms with Gasteiger partial charge in [0.15, 0.2) is 12.6 Å². The Morgan fingerprint density at radius 2 is 1.67 bits per heavy atom. The number of benzene rings is 2. The lowest BCUT2D eigenvalue weighted by Gasteiger charge is -2.31. The molecular weight excluding hydrogens is 677 g/mol. The molecule has 3 N–H and O–H groups in total. The maximum atomic E-state index is 13.8. The Balaban J connectivity index is 1.52. The lowest BCUT2D eigenvalue weighted by Crippen LogP contribution is -2.55. The molecular formula is C33H50N3O11PS. The van der Waals surface area contributed by atoms with E-state index >= 15 is 0 Å². The zero-order valence-electron chi connectivity index (χ0n) is 28.8. The highest BCUT2D eigenvalue weighted by Crippen LogP contribution is 2.47. The van der Waals surface area contributed by atoms with Gasteiger partial charge in [0.1, 0.15) is 17.6 Å². The SMILES string of the molecule is CCOP(=O)(COc1ccc(C[C@H](NC(=O)O[C@H]2CO[C@H]3OCC[C@H]32)C(N)CN(CC(C)C)S(=O)(=O)c2ccc(OC)cc2)cc1)OCC. The molecule has 1 amide bonds. The van der Waals surface area contributed by atoms with Gasteiger partial charge in [0.05, 0.1) is 50.4 Å². The molecule has 2 aromatic carbocycles. The molecule has 2 saturated heterocycles. The molecule has 5 atom stereocenters. The fourth-order valence-corrected chi connectivity index (χ4v) is 8.71. The van der Waals surface area contributed by atoms with E-state index in [2.05, 4.69) is 5.32 Å². The Kier molecular flexibility index (Phi) is 14.3. The van der Waals surface area contributed by atoms with Gasteiger partial charge in [-0.25, -0.2) is 13.2 Å². The highest BCUT2D eigenvalue weighted by atomic mass is 32.2. The number of fused-ring (bicyclic) bond motifs is 1. The van der Waals surface area contributed by atoms with Crippen molar-refractivity contribution in [3.05, 3.63) is 54.1 Å². The van der Waals surface area contributed by atoms with Crippen molar-refractivity contribution in [1.82, 2.24) is 9.62 Å². The molecule has 0 aliphatic carbocycles. The first-order valence-corrected chi connectivity index (χ1v) is 19.7. The molecule has 2 heterocycles. The number of sulfonamides is 1. The Bertz CT molecular complexity index is 1480. The van der Waals surface area contributed by atoms with E-state index in [1.54, 1.807) is 50.2 Å². The first-order chi connectivity index (χ1) is 23.4. The largest absolute Gasteiger partial charge is 0.497 e. The monoisotopic (exact) mass is 727 g/mol. The Labute approximate surface area is 289 Å². The molecule has 274 valence electrons. The van der Waals surface area contributed by atoms with Crippen molar-refractivity contribution >= 4 is 23.7 Å². The number of nitrogens with one attached hydrogen (secondary N) is 1. The maximum Gasteiger partial charge on any atom is 0.407 e. The van der Waals surface area contributed by atoms with E-state index in [9.17, 15) is 17.8 Å². The minimum atomic E-state index is -3.95. The summed E-state index contributed by atoms with van der Waals surface area (Å²) in [6.07, 6.45) is -0.823. The van der Waals surface area contributed by atoms with Crippen LogP contribution in [0.4, 0.5) is 4.79 Å². The van der Waals surface area contributed by atoms with E-state index in [1.165, 1.54) is 23.5 Å². The van der Waals surface area contributed by atoms with Crippen molar-refractivity contribution in [2.45, 2.75) is 69.9 Å². The van der Waals surface area contributed by atoms with Gasteiger partial charge in [-0.1, -0.05) is 26.0 Å². The van der Waals surface area contributed by atoms with Gasteiger partial charge in [-0.15, -0.1) is 0 Å². The van der Waals surface area contributed by atoms with Gasteiger partial charge in [-0.3, -0.25) is 4.57 Å². The average Bonchev–Trinajstić information content (AvgIpc) is 3.69. The molecule has 2 aromatic rings. The van der Waals surface area contributed by atoms with Crippen LogP contribution in [0.1, 0.15) is 39.7 Å². The van der Waals surface area contributed by atoms with Gasteiger partial charge in [0.2, 0.25) is 10.0 Å². The summed E-state index contributed by atoms with van der Waals surface area (Å²) in [7, 11) is -5.85. The van der Waals surface area contributed by atoms with Crippen LogP contribution < -0.4 is 20.5 Å². The second-order valence-corrected chi connectivity index (χ2v) is 16.3. The Morgan fingerprint density at radius 3 is 2.29 bits per heavy atom. The minimum Gasteiger partial charge on any atom is -0.497 e. The molecule has 4 rings (SSSR count). The van der Waals surface area contributed by atoms with Crippen molar-refractivity contribution in [2.24, 2.45) is 17.6 Å². The summed E-state index contributed by atoms with van der Waals surface area (Å²) in [6.45, 7) is 8.62. The van der Waals surface area contributed by atoms with E-state index < -0.39 is 41.9 Å². The van der Waals surface area contributed by atoms with Crippen LogP contribution >= 0.6 is 7.60 Å². The summed E-state index contributed by atoms with van der Waals surface area (Å²) in [4.78, 5) is 13.4. The number of methoxy groups -OCH3 is 1. The molecule has 49 heavy (non-hydrogen) atoms. The lowest BCUT2D eigenvalue weighted by molar-refractivity contribution is -0.0907. The Hall–Kier alpha value is -2.75. The van der Waals surface area contributed by atoms with Gasteiger partial charge in [-0.05, 0) is 74.6 Å². The van der Waals surface area contributed by atoms with E-state index in [-0.39, 0.29) is 68.7 Å². The topological polar surface area (TPSA) is 174 Å². The zero-order valence-corrected chi connectivity index (χ0v) is 30.5. The third kappa shape index (κ3) is 10.9. The fraction of sp³-hybridized carbons (Fsp3) is 0.606. The zero-order chi connectivity index (χ0) is 35.6. The molecule has 1 unspecified atom stereocenters. The molecule has 14 nitrogen and oxygen atoms in total. The predicted octanol–water partition coefficient (Wildman–Crippen LogP) is 4.37. The van der Waals surface area contributed by atoms with Crippen molar-refractivity contribution in [2.75, 3.05) is 53.0 Å². The smallest absolute Gasteiger partial charge is 0.407 e. The molecule has 0 saturated carbocycles. The predicted molar refractivity (Wildman–Crippen MR) is 182 cm³/mol. The molecule has 0 bridgehead atoms. The molecule has 2 aliphatic rings. The van der Waals surface area contributed by atoms with Crippen LogP contribution in [0.25, 0.3) is 0 Å². The summed E-state index contributed by atoms with van der Waals surface area (Å²) >= 11 is 0. The van der Waals surface area contributed by atoms with E-state index in [0.29, 0.717) is 18.1 Å². The maximum absolute atomic E-state index is 13.8. The van der Waals surface area contributed by atoms with Crippen LogP contribution in [0, 0.1) is 11.8 Å². The van der Waals surface area contributed by atoms with Gasteiger partial charge in [0.25, 0.3) is 0 Å². The van der Waals surface area contributed by atoms with Crippen LogP contribution in [0.15, 0.2) is 53.4 Å². The summed E-state index contributed by atoms with van der Waals surface area (Å²) in [5.74, 6) is 0.919. The van der Waals surface area contributed by atoms with Gasteiger partial charge >= 0.3 is 13.7 Å². The molecule has 0 aromatic heterocycles. The van der Waals surface area contributed by atoms with Crippen LogP contribution in [-0.4, -0.2) is 96.3 Å². The van der Waals surface area contributed by atoms with Crippen LogP contribution in [-0.2, 0) is 44.3 Å². The second kappa shape index (κ2) is 18.0. The number of hydrogen-bond donors (Lipinski definition) is 2. The number of nitrogens with two attached hydrogens (primary N) is 1. The summed E-state index contributed by atoms with van der Waals surface area (Å²) in [5, 5.41) is 2.90. The number of hydrogen-bond acceptors (Lipinski definition) is 12. The highest BCUT2D eigenvalue weighted by molar-refractivity contribution is 7.89. The molecule has 16 heteroatoms. The number of amides is 1. The van der Waals surface area contributed by atoms with Gasteiger partial charge in [-0.2, -0.15) is 4.31 Å². The van der Waals surface area contributed by atoms with Gasteiger partial charge < -0.3 is 43.8 Å². The van der Waals surface area contributed by atoms with Crippen molar-refractivity contribution < 1.29 is 50.5 Å². The molecule has 0 radical (unpaired) electrons. The molecule has 0 spiro atoms. The second-order valence-electron chi connectivity index (χ2n) is 12.3. The Morgan fingerprint density at radius 1 is 1.02 bits per heavy atom. The number of carbonyl (C=O) groups is 1. The van der Waals surface area contributed by atoms with Crippen LogP contribution in [0.3, 0.4) is 0 Å². The normalized spacial score (nSPS) is 20.6. The van der Waals surface area contributed by atoms with E-state index in [1.807, 2.05) is 13.8 Å². The highest BCUT2D eigenvalue weighted by Gasteiger charge is 2.44. The van der Waals surface area contributed by atoms with Gasteiger partial charge in [0, 0.05) is 19.1 Å². The summed E-state index contributed by atoms with van der Waals surface area (Å²) in [6, 6.07) is 11.6. The van der Waals surface area contributed by atoms with Crippen molar-refractivity contribution in [3.8, 4) is 11.5 Å². The molecule has 2 fully saturated rings. The first-order valence-electron chi connectivity index (χ1n) is 16.6. The lowest BCUT2D eigenvalue weighted by atomic mass is 9.99. The third-order valence-corrected chi connectivity index (χ3v) is 11.8. The van der Waals surface area contributed by atoms with Crippen molar-refractivity contribution in [3.63, 3.8) is 0 Å². The number of alkyl carbamates (subject to hydrolysis) is 1. The third-order valence-electron chi connectivity index (χ3n) is 8.16. The molecule has 2 aliphatic heterocycles. The first kappa shape index (κ1) is 39.0. The number of carbonyl (C=O) groups excluding carboxylic acids is 1.